The number of sulfone groups is 1. The zero-order valence-corrected chi connectivity index (χ0v) is 31.6. The molecule has 2 heterocycles. The Kier molecular flexibility index (Phi) is 12.5. The fourth-order valence-corrected chi connectivity index (χ4v) is 12.2. The number of halogens is 2. The molecule has 0 aromatic rings. The molecular formula is C37H55Cl2NO7S. The molecule has 2 aliphatic heterocycles. The molecule has 0 bridgehead atoms. The van der Waals surface area contributed by atoms with E-state index in [2.05, 4.69) is 6.58 Å². The maximum absolute atomic E-state index is 14.5. The highest BCUT2D eigenvalue weighted by Gasteiger charge is 2.73. The van der Waals surface area contributed by atoms with Crippen LogP contribution in [0.15, 0.2) is 12.7 Å². The van der Waals surface area contributed by atoms with E-state index in [1.54, 1.807) is 6.08 Å². The smallest absolute Gasteiger partial charge is 0.227 e. The van der Waals surface area contributed by atoms with Crippen LogP contribution in [0.1, 0.15) is 124 Å². The fourth-order valence-electron chi connectivity index (χ4n) is 8.93. The Hall–Kier alpha value is -1.58. The fraction of sp³-hybridized carbons (Fsp3) is 0.811. The first-order valence-corrected chi connectivity index (χ1v) is 20.5. The summed E-state index contributed by atoms with van der Waals surface area (Å²) in [5.74, 6) is -4.05. The van der Waals surface area contributed by atoms with Crippen molar-refractivity contribution in [2.24, 2.45) is 34.5 Å². The number of fused-ring (bicyclic) bond motifs is 1. The van der Waals surface area contributed by atoms with Gasteiger partial charge >= 0.3 is 0 Å². The molecule has 0 aromatic carbocycles. The van der Waals surface area contributed by atoms with Crippen LogP contribution in [-0.4, -0.2) is 70.3 Å². The molecule has 1 unspecified atom stereocenters. The van der Waals surface area contributed by atoms with Crippen molar-refractivity contribution in [2.45, 2.75) is 140 Å². The summed E-state index contributed by atoms with van der Waals surface area (Å²) in [6.45, 7) is 11.5. The zero-order chi connectivity index (χ0) is 35.7. The number of piperidine rings is 1. The number of amides is 1. The van der Waals surface area contributed by atoms with E-state index in [-0.39, 0.29) is 61.4 Å². The lowest BCUT2D eigenvalue weighted by Gasteiger charge is -2.42. The standard InChI is InChI=1S/C37H55Cl2NO7S/c1-6-8-14-24(33(44)28(42)15-9-7-2)20-29(43)32-31-27(37(31,38)39)23-40(32)34(45)26(35(3,4)5)21-25(41)22-36(17-11-10-12-18-36)30-16-13-19-48(30,46)47/h7,24,26-27,30-32H,2,6,8-23H2,1,3-5H3/t24-,26-,27+,30?,31+,32-/m1/s1. The van der Waals surface area contributed by atoms with Crippen molar-refractivity contribution in [2.75, 3.05) is 12.3 Å². The quantitative estimate of drug-likeness (QED) is 0.0896. The molecule has 0 aromatic heterocycles. The lowest BCUT2D eigenvalue weighted by atomic mass is 9.66. The Balaban J connectivity index is 1.55. The monoisotopic (exact) mass is 727 g/mol. The van der Waals surface area contributed by atoms with Crippen LogP contribution in [0, 0.1) is 34.5 Å². The maximum atomic E-state index is 14.5. The van der Waals surface area contributed by atoms with Gasteiger partial charge in [-0.05, 0) is 49.4 Å². The van der Waals surface area contributed by atoms with Crippen molar-refractivity contribution in [3.63, 3.8) is 0 Å². The van der Waals surface area contributed by atoms with Crippen LogP contribution >= 0.6 is 23.2 Å². The summed E-state index contributed by atoms with van der Waals surface area (Å²) in [5, 5.41) is -0.515. The molecule has 0 N–H and O–H groups in total. The zero-order valence-electron chi connectivity index (χ0n) is 29.2. The SMILES string of the molecule is C=CCCC(=O)C(=O)[C@H](CCCC)CC(=O)[C@@H]1[C@@H]2[C@H](CN1C(=O)[C@@H](CC(=O)CC1(C3CCCS3(=O)=O)CCCCC1)C(C)(C)C)C2(Cl)Cl. The first-order valence-electron chi connectivity index (χ1n) is 18.0. The normalized spacial score (nSPS) is 28.2. The number of likely N-dealkylation sites (tertiary alicyclic amines) is 1. The highest BCUT2D eigenvalue weighted by molar-refractivity contribution is 7.92. The van der Waals surface area contributed by atoms with E-state index >= 15 is 0 Å². The number of rotatable bonds is 17. The van der Waals surface area contributed by atoms with Crippen molar-refractivity contribution in [1.29, 1.82) is 0 Å². The van der Waals surface area contributed by atoms with Gasteiger partial charge in [-0.15, -0.1) is 29.8 Å². The van der Waals surface area contributed by atoms with Crippen molar-refractivity contribution in [3.8, 4) is 0 Å². The summed E-state index contributed by atoms with van der Waals surface area (Å²) in [4.78, 5) is 69.9. The maximum Gasteiger partial charge on any atom is 0.227 e. The number of Topliss-reactive ketones (excluding diaryl/α,β-unsaturated/α-hetero) is 4. The number of carbonyl (C=O) groups excluding carboxylic acids is 5. The Labute approximate surface area is 297 Å². The van der Waals surface area contributed by atoms with Gasteiger partial charge in [0.05, 0.1) is 17.0 Å². The van der Waals surface area contributed by atoms with Gasteiger partial charge in [0.25, 0.3) is 0 Å². The molecule has 4 rings (SSSR count). The number of ketones is 4. The summed E-state index contributed by atoms with van der Waals surface area (Å²) in [6.07, 6.45) is 9.15. The minimum Gasteiger partial charge on any atom is -0.332 e. The largest absolute Gasteiger partial charge is 0.332 e. The van der Waals surface area contributed by atoms with E-state index in [0.717, 1.165) is 25.7 Å². The van der Waals surface area contributed by atoms with Crippen LogP contribution in [0.3, 0.4) is 0 Å². The van der Waals surface area contributed by atoms with Crippen molar-refractivity contribution < 1.29 is 32.4 Å². The van der Waals surface area contributed by atoms with E-state index in [4.69, 9.17) is 23.2 Å². The molecular weight excluding hydrogens is 673 g/mol. The third kappa shape index (κ3) is 8.30. The molecule has 1 amide bonds. The number of unbranched alkanes of at least 4 members (excludes halogenated alkanes) is 1. The van der Waals surface area contributed by atoms with Crippen LogP contribution < -0.4 is 0 Å². The highest BCUT2D eigenvalue weighted by atomic mass is 35.5. The van der Waals surface area contributed by atoms with E-state index in [0.29, 0.717) is 44.9 Å². The average Bonchev–Trinajstić information content (AvgIpc) is 3.33. The molecule has 0 radical (unpaired) electrons. The molecule has 48 heavy (non-hydrogen) atoms. The Morgan fingerprint density at radius 3 is 2.25 bits per heavy atom. The number of hydrogen-bond donors (Lipinski definition) is 0. The average molecular weight is 729 g/mol. The predicted octanol–water partition coefficient (Wildman–Crippen LogP) is 7.03. The van der Waals surface area contributed by atoms with Crippen LogP contribution in [0.2, 0.25) is 0 Å². The van der Waals surface area contributed by atoms with Gasteiger partial charge in [-0.25, -0.2) is 8.42 Å². The second kappa shape index (κ2) is 15.3. The lowest BCUT2D eigenvalue weighted by molar-refractivity contribution is -0.147. The molecule has 0 spiro atoms. The van der Waals surface area contributed by atoms with Gasteiger partial charge in [-0.1, -0.05) is 65.9 Å². The topological polar surface area (TPSA) is 123 Å². The minimum absolute atomic E-state index is 0.0413. The summed E-state index contributed by atoms with van der Waals surface area (Å²) in [7, 11) is -3.28. The third-order valence-corrected chi connectivity index (χ3v) is 15.2. The third-order valence-electron chi connectivity index (χ3n) is 11.7. The number of hydrogen-bond acceptors (Lipinski definition) is 7. The van der Waals surface area contributed by atoms with Gasteiger partial charge < -0.3 is 4.90 Å². The van der Waals surface area contributed by atoms with Crippen LogP contribution in [0.5, 0.6) is 0 Å². The Morgan fingerprint density at radius 2 is 1.69 bits per heavy atom. The second-order valence-corrected chi connectivity index (χ2v) is 19.9. The van der Waals surface area contributed by atoms with E-state index in [9.17, 15) is 32.4 Å². The van der Waals surface area contributed by atoms with Gasteiger partial charge in [-0.2, -0.15) is 0 Å². The van der Waals surface area contributed by atoms with Gasteiger partial charge in [0, 0.05) is 55.9 Å². The molecule has 11 heteroatoms. The minimum atomic E-state index is -3.28. The van der Waals surface area contributed by atoms with Gasteiger partial charge in [0.1, 0.15) is 10.1 Å². The summed E-state index contributed by atoms with van der Waals surface area (Å²) in [5.41, 5.74) is -1.23. The molecule has 2 saturated heterocycles. The first kappa shape index (κ1) is 39.2. The Bertz CT molecular complexity index is 1380. The number of nitrogens with zero attached hydrogens (tertiary/aromatic N) is 1. The van der Waals surface area contributed by atoms with Crippen molar-refractivity contribution in [3.05, 3.63) is 12.7 Å². The molecule has 2 saturated carbocycles. The van der Waals surface area contributed by atoms with E-state index in [1.165, 1.54) is 4.90 Å². The van der Waals surface area contributed by atoms with Gasteiger partial charge in [0.15, 0.2) is 21.4 Å². The summed E-state index contributed by atoms with van der Waals surface area (Å²) >= 11 is 13.2. The molecule has 8 nitrogen and oxygen atoms in total. The highest BCUT2D eigenvalue weighted by Crippen LogP contribution is 2.66. The molecule has 4 aliphatic rings. The second-order valence-electron chi connectivity index (χ2n) is 16.1. The van der Waals surface area contributed by atoms with Gasteiger partial charge in [-0.3, -0.25) is 24.0 Å². The van der Waals surface area contributed by atoms with Crippen LogP contribution in [-0.2, 0) is 33.8 Å². The summed E-state index contributed by atoms with van der Waals surface area (Å²) < 4.78 is 25.0. The van der Waals surface area contributed by atoms with Crippen molar-refractivity contribution in [1.82, 2.24) is 4.90 Å². The Morgan fingerprint density at radius 1 is 1.02 bits per heavy atom. The number of alkyl halides is 2. The van der Waals surface area contributed by atoms with E-state index < -0.39 is 65.6 Å². The molecule has 2 aliphatic carbocycles. The molecule has 270 valence electrons. The van der Waals surface area contributed by atoms with Gasteiger partial charge in [0.2, 0.25) is 11.7 Å². The molecule has 4 fully saturated rings. The van der Waals surface area contributed by atoms with Crippen LogP contribution in [0.4, 0.5) is 0 Å². The summed E-state index contributed by atoms with van der Waals surface area (Å²) in [6, 6.07) is -0.953. The number of allylic oxidation sites excluding steroid dienone is 1. The molecule has 6 atom stereocenters. The van der Waals surface area contributed by atoms with Crippen molar-refractivity contribution >= 4 is 62.1 Å². The van der Waals surface area contributed by atoms with E-state index in [1.807, 2.05) is 27.7 Å². The lowest BCUT2D eigenvalue weighted by Crippen LogP contribution is -2.51. The predicted molar refractivity (Wildman–Crippen MR) is 189 cm³/mol. The first-order chi connectivity index (χ1) is 22.4. The number of carbonyl (C=O) groups is 5. The van der Waals surface area contributed by atoms with Crippen LogP contribution in [0.25, 0.3) is 0 Å².